The van der Waals surface area contributed by atoms with Crippen LogP contribution >= 0.6 is 12.2 Å². The quantitative estimate of drug-likeness (QED) is 0.730. The van der Waals surface area contributed by atoms with Crippen molar-refractivity contribution in [1.82, 2.24) is 19.7 Å². The molecule has 0 saturated carbocycles. The standard InChI is InChI=1S/C15H14N4S/c1-10-6-7-12(9-11(10)2)19-14(17-18-15(19)20)13-5-3-4-8-16-13/h3-9H,1-2H3,(H,18,20). The van der Waals surface area contributed by atoms with Gasteiger partial charge < -0.3 is 0 Å². The second-order valence-corrected chi connectivity index (χ2v) is 5.06. The van der Waals surface area contributed by atoms with Gasteiger partial charge in [-0.25, -0.2) is 0 Å². The highest BCUT2D eigenvalue weighted by molar-refractivity contribution is 7.71. The minimum Gasteiger partial charge on any atom is -0.267 e. The maximum Gasteiger partial charge on any atom is 0.200 e. The molecule has 1 aromatic carbocycles. The number of rotatable bonds is 2. The van der Waals surface area contributed by atoms with Gasteiger partial charge in [-0.2, -0.15) is 5.10 Å². The molecule has 2 heterocycles. The van der Waals surface area contributed by atoms with Crippen molar-refractivity contribution < 1.29 is 0 Å². The van der Waals surface area contributed by atoms with Gasteiger partial charge in [0.25, 0.3) is 0 Å². The average molecular weight is 282 g/mol. The number of nitrogens with one attached hydrogen (secondary N) is 1. The first-order chi connectivity index (χ1) is 9.66. The number of aryl methyl sites for hydroxylation is 2. The zero-order valence-corrected chi connectivity index (χ0v) is 12.1. The highest BCUT2D eigenvalue weighted by Crippen LogP contribution is 2.21. The van der Waals surface area contributed by atoms with Gasteiger partial charge in [-0.15, -0.1) is 0 Å². The Hall–Kier alpha value is -2.27. The molecule has 0 aliphatic carbocycles. The molecule has 5 heteroatoms. The van der Waals surface area contributed by atoms with E-state index in [-0.39, 0.29) is 0 Å². The summed E-state index contributed by atoms with van der Waals surface area (Å²) in [6, 6.07) is 12.0. The maximum absolute atomic E-state index is 5.35. The molecule has 4 nitrogen and oxygen atoms in total. The number of nitrogens with zero attached hydrogens (tertiary/aromatic N) is 3. The second-order valence-electron chi connectivity index (χ2n) is 4.67. The van der Waals surface area contributed by atoms with E-state index in [9.17, 15) is 0 Å². The van der Waals surface area contributed by atoms with Crippen LogP contribution in [0.5, 0.6) is 0 Å². The molecule has 0 aliphatic rings. The summed E-state index contributed by atoms with van der Waals surface area (Å²) in [6.07, 6.45) is 1.75. The number of hydrogen-bond acceptors (Lipinski definition) is 3. The molecule has 2 aromatic heterocycles. The van der Waals surface area contributed by atoms with Crippen molar-refractivity contribution in [3.05, 3.63) is 58.5 Å². The van der Waals surface area contributed by atoms with Gasteiger partial charge >= 0.3 is 0 Å². The third kappa shape index (κ3) is 2.16. The van der Waals surface area contributed by atoms with Crippen LogP contribution in [0, 0.1) is 18.6 Å². The van der Waals surface area contributed by atoms with E-state index in [1.807, 2.05) is 28.8 Å². The van der Waals surface area contributed by atoms with Crippen LogP contribution in [0.3, 0.4) is 0 Å². The molecular weight excluding hydrogens is 268 g/mol. The van der Waals surface area contributed by atoms with Crippen LogP contribution in [-0.2, 0) is 0 Å². The molecule has 20 heavy (non-hydrogen) atoms. The normalized spacial score (nSPS) is 10.7. The molecule has 0 atom stereocenters. The van der Waals surface area contributed by atoms with Crippen LogP contribution in [0.25, 0.3) is 17.2 Å². The SMILES string of the molecule is Cc1ccc(-n2c(-c3ccccn3)n[nH]c2=S)cc1C. The number of hydrogen-bond donors (Lipinski definition) is 1. The second kappa shape index (κ2) is 5.02. The Kier molecular flexibility index (Phi) is 3.20. The highest BCUT2D eigenvalue weighted by atomic mass is 32.1. The van der Waals surface area contributed by atoms with Crippen LogP contribution in [0.1, 0.15) is 11.1 Å². The maximum atomic E-state index is 5.35. The van der Waals surface area contributed by atoms with Crippen LogP contribution in [0.2, 0.25) is 0 Å². The first-order valence-electron chi connectivity index (χ1n) is 6.33. The minimum atomic E-state index is 0.564. The molecule has 0 spiro atoms. The van der Waals surface area contributed by atoms with E-state index < -0.39 is 0 Å². The first-order valence-corrected chi connectivity index (χ1v) is 6.74. The van der Waals surface area contributed by atoms with Crippen molar-refractivity contribution >= 4 is 12.2 Å². The largest absolute Gasteiger partial charge is 0.267 e. The van der Waals surface area contributed by atoms with Crippen LogP contribution < -0.4 is 0 Å². The Morgan fingerprint density at radius 1 is 1.10 bits per heavy atom. The predicted molar refractivity (Wildman–Crippen MR) is 81.5 cm³/mol. The molecule has 100 valence electrons. The molecule has 0 bridgehead atoms. The molecule has 0 unspecified atom stereocenters. The molecular formula is C15H14N4S. The summed E-state index contributed by atoms with van der Waals surface area (Å²) in [7, 11) is 0. The van der Waals surface area contributed by atoms with Gasteiger partial charge in [0.2, 0.25) is 0 Å². The third-order valence-electron chi connectivity index (χ3n) is 3.32. The average Bonchev–Trinajstić information content (AvgIpc) is 2.85. The lowest BCUT2D eigenvalue weighted by Crippen LogP contribution is -1.99. The topological polar surface area (TPSA) is 46.5 Å². The fraction of sp³-hybridized carbons (Fsp3) is 0.133. The zero-order valence-electron chi connectivity index (χ0n) is 11.3. The third-order valence-corrected chi connectivity index (χ3v) is 3.59. The summed E-state index contributed by atoms with van der Waals surface area (Å²) < 4.78 is 2.47. The van der Waals surface area contributed by atoms with Crippen molar-refractivity contribution in [2.75, 3.05) is 0 Å². The van der Waals surface area contributed by atoms with Gasteiger partial charge in [0, 0.05) is 6.20 Å². The molecule has 0 fully saturated rings. The van der Waals surface area contributed by atoms with Gasteiger partial charge in [0.15, 0.2) is 10.6 Å². The van der Waals surface area contributed by atoms with Gasteiger partial charge in [0.05, 0.1) is 5.69 Å². The van der Waals surface area contributed by atoms with E-state index in [1.165, 1.54) is 11.1 Å². The van der Waals surface area contributed by atoms with Crippen molar-refractivity contribution in [2.45, 2.75) is 13.8 Å². The molecule has 3 rings (SSSR count). The monoisotopic (exact) mass is 282 g/mol. The number of aromatic nitrogens is 4. The number of aromatic amines is 1. The molecule has 0 aliphatic heterocycles. The van der Waals surface area contributed by atoms with Gasteiger partial charge in [-0.1, -0.05) is 12.1 Å². The van der Waals surface area contributed by atoms with Crippen molar-refractivity contribution in [1.29, 1.82) is 0 Å². The fourth-order valence-electron chi connectivity index (χ4n) is 2.07. The Morgan fingerprint density at radius 3 is 2.65 bits per heavy atom. The zero-order chi connectivity index (χ0) is 14.1. The summed E-state index contributed by atoms with van der Waals surface area (Å²) >= 11 is 5.35. The first kappa shape index (κ1) is 12.7. The van der Waals surface area contributed by atoms with E-state index in [4.69, 9.17) is 12.2 Å². The van der Waals surface area contributed by atoms with Gasteiger partial charge in [0.1, 0.15) is 5.69 Å². The Labute approximate surface area is 122 Å². The van der Waals surface area contributed by atoms with Crippen LogP contribution in [-0.4, -0.2) is 19.7 Å². The number of pyridine rings is 1. The summed E-state index contributed by atoms with van der Waals surface area (Å²) in [5.41, 5.74) is 4.26. The Balaban J connectivity index is 2.22. The lowest BCUT2D eigenvalue weighted by Gasteiger charge is -2.08. The minimum absolute atomic E-state index is 0.564. The number of H-pyrrole nitrogens is 1. The summed E-state index contributed by atoms with van der Waals surface area (Å²) in [6.45, 7) is 4.18. The molecule has 0 amide bonds. The predicted octanol–water partition coefficient (Wildman–Crippen LogP) is 3.61. The van der Waals surface area contributed by atoms with Gasteiger partial charge in [-0.3, -0.25) is 14.6 Å². The molecule has 3 aromatic rings. The van der Waals surface area contributed by atoms with Crippen molar-refractivity contribution in [3.63, 3.8) is 0 Å². The smallest absolute Gasteiger partial charge is 0.200 e. The summed E-state index contributed by atoms with van der Waals surface area (Å²) in [4.78, 5) is 4.34. The Bertz CT molecular complexity index is 802. The summed E-state index contributed by atoms with van der Waals surface area (Å²) in [5, 5.41) is 7.14. The van der Waals surface area contributed by atoms with E-state index in [0.717, 1.165) is 17.2 Å². The summed E-state index contributed by atoms with van der Waals surface area (Å²) in [5.74, 6) is 0.721. The van der Waals surface area contributed by atoms with Crippen LogP contribution in [0.4, 0.5) is 0 Å². The van der Waals surface area contributed by atoms with E-state index in [0.29, 0.717) is 4.77 Å². The highest BCUT2D eigenvalue weighted by Gasteiger charge is 2.11. The lowest BCUT2D eigenvalue weighted by molar-refractivity contribution is 1.02. The lowest BCUT2D eigenvalue weighted by atomic mass is 10.1. The Morgan fingerprint density at radius 2 is 1.95 bits per heavy atom. The van der Waals surface area contributed by atoms with E-state index >= 15 is 0 Å². The molecule has 1 N–H and O–H groups in total. The van der Waals surface area contributed by atoms with Crippen molar-refractivity contribution in [2.24, 2.45) is 0 Å². The van der Waals surface area contributed by atoms with Gasteiger partial charge in [-0.05, 0) is 61.5 Å². The molecule has 0 radical (unpaired) electrons. The van der Waals surface area contributed by atoms with E-state index in [2.05, 4.69) is 41.2 Å². The van der Waals surface area contributed by atoms with Crippen molar-refractivity contribution in [3.8, 4) is 17.2 Å². The fourth-order valence-corrected chi connectivity index (χ4v) is 2.31. The van der Waals surface area contributed by atoms with E-state index in [1.54, 1.807) is 6.20 Å². The van der Waals surface area contributed by atoms with Crippen LogP contribution in [0.15, 0.2) is 42.6 Å². The molecule has 0 saturated heterocycles. The number of benzene rings is 1.